The van der Waals surface area contributed by atoms with Crippen LogP contribution in [-0.4, -0.2) is 35.7 Å². The second-order valence-corrected chi connectivity index (χ2v) is 10.3. The zero-order valence-electron chi connectivity index (χ0n) is 15.9. The van der Waals surface area contributed by atoms with Gasteiger partial charge in [0.2, 0.25) is 10.0 Å². The van der Waals surface area contributed by atoms with Gasteiger partial charge in [0.1, 0.15) is 5.75 Å². The van der Waals surface area contributed by atoms with Gasteiger partial charge in [-0.15, -0.1) is 0 Å². The van der Waals surface area contributed by atoms with Gasteiger partial charge in [-0.1, -0.05) is 6.07 Å². The highest BCUT2D eigenvalue weighted by atomic mass is 32.2. The van der Waals surface area contributed by atoms with Crippen molar-refractivity contribution in [1.29, 1.82) is 0 Å². The van der Waals surface area contributed by atoms with Gasteiger partial charge in [0, 0.05) is 6.54 Å². The maximum atomic E-state index is 12.7. The van der Waals surface area contributed by atoms with E-state index in [-0.39, 0.29) is 10.6 Å². The van der Waals surface area contributed by atoms with Gasteiger partial charge in [0.25, 0.3) is 10.0 Å². The number of nitrogens with one attached hydrogen (secondary N) is 1. The van der Waals surface area contributed by atoms with Crippen LogP contribution in [0.2, 0.25) is 0 Å². The van der Waals surface area contributed by atoms with E-state index in [2.05, 4.69) is 4.72 Å². The van der Waals surface area contributed by atoms with Gasteiger partial charge in [-0.05, 0) is 68.7 Å². The van der Waals surface area contributed by atoms with Crippen molar-refractivity contribution in [2.75, 3.05) is 27.9 Å². The highest BCUT2D eigenvalue weighted by Crippen LogP contribution is 2.33. The van der Waals surface area contributed by atoms with Crippen LogP contribution in [0.1, 0.15) is 25.8 Å². The third-order valence-electron chi connectivity index (χ3n) is 4.56. The van der Waals surface area contributed by atoms with Gasteiger partial charge in [-0.3, -0.25) is 9.03 Å². The van der Waals surface area contributed by atoms with Crippen LogP contribution in [0.25, 0.3) is 0 Å². The summed E-state index contributed by atoms with van der Waals surface area (Å²) in [6.07, 6.45) is 1.50. The third kappa shape index (κ3) is 4.25. The predicted molar refractivity (Wildman–Crippen MR) is 110 cm³/mol. The first-order chi connectivity index (χ1) is 13.3. The SMILES string of the molecule is CCOc1ccc(S(=O)(=O)Nc2ccc3c(c2)N(S(=O)(=O)CC)CCC3)cc1. The molecule has 1 aliphatic rings. The van der Waals surface area contributed by atoms with E-state index >= 15 is 0 Å². The number of benzene rings is 2. The van der Waals surface area contributed by atoms with Crippen molar-refractivity contribution in [3.05, 3.63) is 48.0 Å². The number of fused-ring (bicyclic) bond motifs is 1. The van der Waals surface area contributed by atoms with Crippen molar-refractivity contribution in [3.63, 3.8) is 0 Å². The Kier molecular flexibility index (Phi) is 5.85. The first kappa shape index (κ1) is 20.5. The van der Waals surface area contributed by atoms with E-state index in [0.29, 0.717) is 30.3 Å². The summed E-state index contributed by atoms with van der Waals surface area (Å²) >= 11 is 0. The summed E-state index contributed by atoms with van der Waals surface area (Å²) in [6, 6.07) is 11.2. The number of rotatable bonds is 7. The van der Waals surface area contributed by atoms with Crippen LogP contribution < -0.4 is 13.8 Å². The molecule has 0 bridgehead atoms. The second kappa shape index (κ2) is 8.00. The molecule has 3 rings (SSSR count). The standard InChI is InChI=1S/C19H24N2O5S2/c1-3-26-17-9-11-18(12-10-17)28(24,25)20-16-8-7-15-6-5-13-21(19(15)14-16)27(22,23)4-2/h7-12,14,20H,3-6,13H2,1-2H3. The molecule has 28 heavy (non-hydrogen) atoms. The number of aryl methyl sites for hydroxylation is 1. The molecule has 0 aliphatic carbocycles. The molecular formula is C19H24N2O5S2. The summed E-state index contributed by atoms with van der Waals surface area (Å²) < 4.78 is 59.4. The molecule has 2 aromatic rings. The summed E-state index contributed by atoms with van der Waals surface area (Å²) in [4.78, 5) is 0.103. The van der Waals surface area contributed by atoms with Crippen molar-refractivity contribution in [2.45, 2.75) is 31.6 Å². The van der Waals surface area contributed by atoms with Crippen molar-refractivity contribution in [2.24, 2.45) is 0 Å². The van der Waals surface area contributed by atoms with Gasteiger partial charge < -0.3 is 4.74 Å². The maximum absolute atomic E-state index is 12.7. The minimum absolute atomic E-state index is 0.00538. The molecule has 0 atom stereocenters. The summed E-state index contributed by atoms with van der Waals surface area (Å²) in [7, 11) is -7.22. The number of anilines is 2. The summed E-state index contributed by atoms with van der Waals surface area (Å²) in [5.41, 5.74) is 1.76. The fourth-order valence-corrected chi connectivity index (χ4v) is 5.38. The normalized spacial score (nSPS) is 14.4. The topological polar surface area (TPSA) is 92.8 Å². The average Bonchev–Trinajstić information content (AvgIpc) is 2.68. The van der Waals surface area contributed by atoms with Gasteiger partial charge in [-0.25, -0.2) is 16.8 Å². The van der Waals surface area contributed by atoms with E-state index in [1.165, 1.54) is 16.4 Å². The molecule has 0 fully saturated rings. The smallest absolute Gasteiger partial charge is 0.261 e. The van der Waals surface area contributed by atoms with E-state index in [9.17, 15) is 16.8 Å². The minimum Gasteiger partial charge on any atom is -0.494 e. The molecule has 0 saturated carbocycles. The van der Waals surface area contributed by atoms with Crippen molar-refractivity contribution in [3.8, 4) is 5.75 Å². The van der Waals surface area contributed by atoms with Crippen LogP contribution in [0, 0.1) is 0 Å². The molecule has 2 aromatic carbocycles. The van der Waals surface area contributed by atoms with Crippen molar-refractivity contribution in [1.82, 2.24) is 0 Å². The summed E-state index contributed by atoms with van der Waals surface area (Å²) in [6.45, 7) is 4.35. The van der Waals surface area contributed by atoms with E-state index in [1.807, 2.05) is 6.92 Å². The van der Waals surface area contributed by atoms with E-state index in [1.54, 1.807) is 37.3 Å². The van der Waals surface area contributed by atoms with Crippen molar-refractivity contribution >= 4 is 31.4 Å². The first-order valence-electron chi connectivity index (χ1n) is 9.16. The molecule has 7 nitrogen and oxygen atoms in total. The largest absolute Gasteiger partial charge is 0.494 e. The highest BCUT2D eigenvalue weighted by molar-refractivity contribution is 7.93. The Hall–Kier alpha value is -2.26. The van der Waals surface area contributed by atoms with Crippen LogP contribution in [0.4, 0.5) is 11.4 Å². The summed E-state index contributed by atoms with van der Waals surface area (Å²) in [5.74, 6) is 0.588. The van der Waals surface area contributed by atoms with Crippen LogP contribution in [0.15, 0.2) is 47.4 Å². The van der Waals surface area contributed by atoms with Gasteiger partial charge in [0.05, 0.1) is 28.6 Å². The molecule has 1 heterocycles. The van der Waals surface area contributed by atoms with Crippen LogP contribution in [0.5, 0.6) is 5.75 Å². The Labute approximate surface area is 166 Å². The van der Waals surface area contributed by atoms with Crippen LogP contribution in [0.3, 0.4) is 0 Å². The predicted octanol–water partition coefficient (Wildman–Crippen LogP) is 2.99. The molecule has 1 N–H and O–H groups in total. The average molecular weight is 425 g/mol. The Balaban J connectivity index is 1.89. The summed E-state index contributed by atoms with van der Waals surface area (Å²) in [5, 5.41) is 0. The molecule has 0 unspecified atom stereocenters. The van der Waals surface area contributed by atoms with Crippen molar-refractivity contribution < 1.29 is 21.6 Å². The third-order valence-corrected chi connectivity index (χ3v) is 7.74. The monoisotopic (exact) mass is 424 g/mol. The minimum atomic E-state index is -3.80. The Morgan fingerprint density at radius 1 is 1.04 bits per heavy atom. The maximum Gasteiger partial charge on any atom is 0.261 e. The lowest BCUT2D eigenvalue weighted by Gasteiger charge is -2.30. The lowest BCUT2D eigenvalue weighted by molar-refractivity contribution is 0.340. The Bertz CT molecular complexity index is 1050. The first-order valence-corrected chi connectivity index (χ1v) is 12.2. The van der Waals surface area contributed by atoms with Gasteiger partial charge in [0.15, 0.2) is 0 Å². The Morgan fingerprint density at radius 2 is 1.75 bits per heavy atom. The van der Waals surface area contributed by atoms with E-state index in [0.717, 1.165) is 18.4 Å². The Morgan fingerprint density at radius 3 is 2.39 bits per heavy atom. The molecule has 0 saturated heterocycles. The molecule has 0 radical (unpaired) electrons. The zero-order valence-corrected chi connectivity index (χ0v) is 17.5. The van der Waals surface area contributed by atoms with E-state index in [4.69, 9.17) is 4.74 Å². The molecular weight excluding hydrogens is 400 g/mol. The highest BCUT2D eigenvalue weighted by Gasteiger charge is 2.26. The number of hydrogen-bond donors (Lipinski definition) is 1. The molecule has 152 valence electrons. The number of sulfonamides is 2. The fraction of sp³-hybridized carbons (Fsp3) is 0.368. The lowest BCUT2D eigenvalue weighted by Crippen LogP contribution is -2.36. The molecule has 0 spiro atoms. The fourth-order valence-electron chi connectivity index (χ4n) is 3.15. The number of nitrogens with zero attached hydrogens (tertiary/aromatic N) is 1. The molecule has 1 aliphatic heterocycles. The zero-order chi connectivity index (χ0) is 20.4. The lowest BCUT2D eigenvalue weighted by atomic mass is 10.0. The van der Waals surface area contributed by atoms with Gasteiger partial charge >= 0.3 is 0 Å². The molecule has 0 amide bonds. The number of ether oxygens (including phenoxy) is 1. The van der Waals surface area contributed by atoms with Gasteiger partial charge in [-0.2, -0.15) is 0 Å². The quantitative estimate of drug-likeness (QED) is 0.738. The second-order valence-electron chi connectivity index (χ2n) is 6.43. The van der Waals surface area contributed by atoms with Crippen LogP contribution >= 0.6 is 0 Å². The number of hydrogen-bond acceptors (Lipinski definition) is 5. The van der Waals surface area contributed by atoms with E-state index < -0.39 is 20.0 Å². The molecule has 9 heteroatoms. The molecule has 0 aromatic heterocycles. The van der Waals surface area contributed by atoms with Crippen LogP contribution in [-0.2, 0) is 26.5 Å².